The van der Waals surface area contributed by atoms with Gasteiger partial charge in [-0.2, -0.15) is 0 Å². The maximum atomic E-state index is 12.8. The minimum absolute atomic E-state index is 0.0537. The average Bonchev–Trinajstić information content (AvgIpc) is 2.93. The lowest BCUT2D eigenvalue weighted by molar-refractivity contribution is 0.0691. The van der Waals surface area contributed by atoms with Crippen LogP contribution in [-0.2, 0) is 19.4 Å². The molecule has 1 aliphatic rings. The van der Waals surface area contributed by atoms with E-state index in [0.717, 1.165) is 28.8 Å². The summed E-state index contributed by atoms with van der Waals surface area (Å²) in [6.45, 7) is 4.57. The number of carbonyl (C=O) groups is 2. The number of fused-ring (bicyclic) bond motifs is 1. The third-order valence-electron chi connectivity index (χ3n) is 4.68. The van der Waals surface area contributed by atoms with E-state index in [-0.39, 0.29) is 21.8 Å². The van der Waals surface area contributed by atoms with Crippen LogP contribution in [0.3, 0.4) is 0 Å². The number of carboxylic acid groups (broad SMARTS) is 1. The Balaban J connectivity index is 1.98. The van der Waals surface area contributed by atoms with Crippen LogP contribution in [0.5, 0.6) is 0 Å². The van der Waals surface area contributed by atoms with Crippen LogP contribution in [0.25, 0.3) is 0 Å². The Labute approximate surface area is 150 Å². The highest BCUT2D eigenvalue weighted by Crippen LogP contribution is 2.41. The number of nitrogens with two attached hydrogens (primary N) is 1. The van der Waals surface area contributed by atoms with Crippen LogP contribution in [0.2, 0.25) is 0 Å². The number of para-hydroxylation sites is 1. The number of thiophene rings is 1. The number of amides is 1. The zero-order valence-electron chi connectivity index (χ0n) is 14.4. The zero-order valence-corrected chi connectivity index (χ0v) is 15.2. The van der Waals surface area contributed by atoms with Crippen LogP contribution in [0, 0.1) is 5.41 Å². The molecule has 1 aliphatic carbocycles. The second kappa shape index (κ2) is 6.61. The van der Waals surface area contributed by atoms with E-state index in [4.69, 9.17) is 5.73 Å². The summed E-state index contributed by atoms with van der Waals surface area (Å²) in [5.41, 5.74) is 8.19. The summed E-state index contributed by atoms with van der Waals surface area (Å²) in [6, 6.07) is 7.29. The lowest BCUT2D eigenvalue weighted by Gasteiger charge is -2.29. The Kier molecular flexibility index (Phi) is 4.67. The molecular weight excluding hydrogens is 336 g/mol. The predicted octanol–water partition coefficient (Wildman–Crippen LogP) is 3.67. The summed E-state index contributed by atoms with van der Waals surface area (Å²) < 4.78 is 0. The molecule has 4 N–H and O–H groups in total. The smallest absolute Gasteiger partial charge is 0.337 e. The third-order valence-corrected chi connectivity index (χ3v) is 5.97. The number of carbonyl (C=O) groups excluding carboxylic acids is 1. The summed E-state index contributed by atoms with van der Waals surface area (Å²) in [7, 11) is 0. The SMILES string of the molecule is CC1(C)CCc2sc(C(=O)Nc3ccccc3CN)c(C(=O)O)c2C1. The molecule has 0 spiro atoms. The van der Waals surface area contributed by atoms with Gasteiger partial charge in [0, 0.05) is 17.1 Å². The van der Waals surface area contributed by atoms with Crippen molar-refractivity contribution in [3.05, 3.63) is 50.7 Å². The van der Waals surface area contributed by atoms with E-state index in [1.807, 2.05) is 18.2 Å². The fourth-order valence-corrected chi connectivity index (χ4v) is 4.51. The summed E-state index contributed by atoms with van der Waals surface area (Å²) >= 11 is 1.31. The Morgan fingerprint density at radius 3 is 2.72 bits per heavy atom. The quantitative estimate of drug-likeness (QED) is 0.777. The normalized spacial score (nSPS) is 15.5. The van der Waals surface area contributed by atoms with Crippen LogP contribution >= 0.6 is 11.3 Å². The van der Waals surface area contributed by atoms with Crippen molar-refractivity contribution in [3.8, 4) is 0 Å². The fourth-order valence-electron chi connectivity index (χ4n) is 3.31. The first kappa shape index (κ1) is 17.6. The molecule has 1 heterocycles. The number of nitrogens with one attached hydrogen (secondary N) is 1. The van der Waals surface area contributed by atoms with Crippen LogP contribution in [0.1, 0.15) is 56.3 Å². The summed E-state index contributed by atoms with van der Waals surface area (Å²) in [4.78, 5) is 25.9. The molecule has 6 heteroatoms. The molecule has 0 unspecified atom stereocenters. The predicted molar refractivity (Wildman–Crippen MR) is 99.4 cm³/mol. The Hall–Kier alpha value is -2.18. The first-order valence-corrected chi connectivity index (χ1v) is 9.11. The number of rotatable bonds is 4. The van der Waals surface area contributed by atoms with Gasteiger partial charge in [0.1, 0.15) is 4.88 Å². The first-order chi connectivity index (χ1) is 11.8. The molecule has 5 nitrogen and oxygen atoms in total. The molecule has 1 aromatic heterocycles. The average molecular weight is 358 g/mol. The molecule has 1 amide bonds. The van der Waals surface area contributed by atoms with Gasteiger partial charge in [0.25, 0.3) is 5.91 Å². The number of anilines is 1. The molecule has 0 atom stereocenters. The minimum atomic E-state index is -1.03. The van der Waals surface area contributed by atoms with Gasteiger partial charge in [0.05, 0.1) is 5.56 Å². The van der Waals surface area contributed by atoms with Crippen molar-refractivity contribution >= 4 is 28.9 Å². The van der Waals surface area contributed by atoms with Gasteiger partial charge in [-0.25, -0.2) is 4.79 Å². The molecule has 0 bridgehead atoms. The summed E-state index contributed by atoms with van der Waals surface area (Å²) in [5.74, 6) is -1.41. The Morgan fingerprint density at radius 1 is 1.32 bits per heavy atom. The Morgan fingerprint density at radius 2 is 2.04 bits per heavy atom. The number of benzene rings is 1. The van der Waals surface area contributed by atoms with E-state index in [2.05, 4.69) is 19.2 Å². The van der Waals surface area contributed by atoms with Gasteiger partial charge in [-0.05, 0) is 41.9 Å². The molecule has 132 valence electrons. The molecule has 0 fully saturated rings. The van der Waals surface area contributed by atoms with Gasteiger partial charge in [-0.1, -0.05) is 32.0 Å². The topological polar surface area (TPSA) is 92.4 Å². The molecule has 3 rings (SSSR count). The van der Waals surface area contributed by atoms with Crippen LogP contribution in [-0.4, -0.2) is 17.0 Å². The van der Waals surface area contributed by atoms with Crippen molar-refractivity contribution in [1.82, 2.24) is 0 Å². The monoisotopic (exact) mass is 358 g/mol. The minimum Gasteiger partial charge on any atom is -0.478 e. The second-order valence-corrected chi connectivity index (χ2v) is 8.27. The number of aromatic carboxylic acids is 1. The number of aryl methyl sites for hydroxylation is 1. The Bertz CT molecular complexity index is 839. The molecule has 2 aromatic rings. The van der Waals surface area contributed by atoms with Gasteiger partial charge in [-0.15, -0.1) is 11.3 Å². The molecular formula is C19H22N2O3S. The molecule has 1 aromatic carbocycles. The zero-order chi connectivity index (χ0) is 18.2. The van der Waals surface area contributed by atoms with Gasteiger partial charge < -0.3 is 16.2 Å². The fraction of sp³-hybridized carbons (Fsp3) is 0.368. The van der Waals surface area contributed by atoms with Crippen LogP contribution < -0.4 is 11.1 Å². The van der Waals surface area contributed by atoms with Crippen molar-refractivity contribution in [2.45, 2.75) is 39.7 Å². The van der Waals surface area contributed by atoms with E-state index in [1.165, 1.54) is 11.3 Å². The van der Waals surface area contributed by atoms with Crippen molar-refractivity contribution in [3.63, 3.8) is 0 Å². The van der Waals surface area contributed by atoms with E-state index >= 15 is 0 Å². The molecule has 0 radical (unpaired) electrons. The largest absolute Gasteiger partial charge is 0.478 e. The van der Waals surface area contributed by atoms with Crippen molar-refractivity contribution in [2.24, 2.45) is 11.1 Å². The van der Waals surface area contributed by atoms with Crippen molar-refractivity contribution in [1.29, 1.82) is 0 Å². The first-order valence-electron chi connectivity index (χ1n) is 8.29. The van der Waals surface area contributed by atoms with Gasteiger partial charge >= 0.3 is 5.97 Å². The molecule has 0 aliphatic heterocycles. The third kappa shape index (κ3) is 3.45. The number of carboxylic acids is 1. The van der Waals surface area contributed by atoms with Crippen molar-refractivity contribution < 1.29 is 14.7 Å². The molecule has 0 saturated carbocycles. The standard InChI is InChI=1S/C19H22N2O3S/c1-19(2)8-7-14-12(9-19)15(18(23)24)16(25-14)17(22)21-13-6-4-3-5-11(13)10-20/h3-6H,7-10,20H2,1-2H3,(H,21,22)(H,23,24). The number of hydrogen-bond donors (Lipinski definition) is 3. The lowest BCUT2D eigenvalue weighted by Crippen LogP contribution is -2.23. The highest BCUT2D eigenvalue weighted by atomic mass is 32.1. The highest BCUT2D eigenvalue weighted by molar-refractivity contribution is 7.14. The summed E-state index contributed by atoms with van der Waals surface area (Å²) in [6.07, 6.45) is 2.50. The lowest BCUT2D eigenvalue weighted by atomic mass is 9.76. The van der Waals surface area contributed by atoms with E-state index in [9.17, 15) is 14.7 Å². The summed E-state index contributed by atoms with van der Waals surface area (Å²) in [5, 5.41) is 12.5. The van der Waals surface area contributed by atoms with E-state index < -0.39 is 5.97 Å². The van der Waals surface area contributed by atoms with Crippen molar-refractivity contribution in [2.75, 3.05) is 5.32 Å². The van der Waals surface area contributed by atoms with E-state index in [1.54, 1.807) is 6.07 Å². The van der Waals surface area contributed by atoms with Crippen LogP contribution in [0.15, 0.2) is 24.3 Å². The maximum Gasteiger partial charge on any atom is 0.337 e. The molecule has 0 saturated heterocycles. The molecule has 25 heavy (non-hydrogen) atoms. The second-order valence-electron chi connectivity index (χ2n) is 7.17. The van der Waals surface area contributed by atoms with Gasteiger partial charge in [0.2, 0.25) is 0 Å². The van der Waals surface area contributed by atoms with Gasteiger partial charge in [0.15, 0.2) is 0 Å². The maximum absolute atomic E-state index is 12.8. The van der Waals surface area contributed by atoms with Crippen LogP contribution in [0.4, 0.5) is 5.69 Å². The highest BCUT2D eigenvalue weighted by Gasteiger charge is 2.34. The van der Waals surface area contributed by atoms with Gasteiger partial charge in [-0.3, -0.25) is 4.79 Å². The van der Waals surface area contributed by atoms with E-state index in [0.29, 0.717) is 18.7 Å². The number of hydrogen-bond acceptors (Lipinski definition) is 4.